The van der Waals surface area contributed by atoms with Crippen LogP contribution in [0, 0.1) is 5.92 Å². The average Bonchev–Trinajstić information content (AvgIpc) is 2.50. The summed E-state index contributed by atoms with van der Waals surface area (Å²) in [6.07, 6.45) is 1.99. The van der Waals surface area contributed by atoms with Gasteiger partial charge in [-0.25, -0.2) is 4.79 Å². The molecule has 2 N–H and O–H groups in total. The van der Waals surface area contributed by atoms with E-state index in [0.29, 0.717) is 12.3 Å². The number of carbonyl (C=O) groups excluding carboxylic acids is 2. The highest BCUT2D eigenvalue weighted by Gasteiger charge is 2.23. The van der Waals surface area contributed by atoms with Gasteiger partial charge in [-0.05, 0) is 51.7 Å². The lowest BCUT2D eigenvalue weighted by atomic mass is 10.0. The zero-order valence-corrected chi connectivity index (χ0v) is 15.6. The van der Waals surface area contributed by atoms with Crippen LogP contribution in [0.1, 0.15) is 53.9 Å². The Morgan fingerprint density at radius 3 is 2.17 bits per heavy atom. The molecule has 136 valence electrons. The van der Waals surface area contributed by atoms with Crippen LogP contribution in [-0.4, -0.2) is 55.7 Å². The maximum absolute atomic E-state index is 12.4. The fourth-order valence-corrected chi connectivity index (χ4v) is 2.48. The first-order valence-electron chi connectivity index (χ1n) is 8.71. The van der Waals surface area contributed by atoms with E-state index in [4.69, 9.17) is 0 Å². The summed E-state index contributed by atoms with van der Waals surface area (Å²) < 4.78 is 4.60. The first-order valence-corrected chi connectivity index (χ1v) is 8.71. The number of hydrogen-bond donors (Lipinski definition) is 2. The maximum atomic E-state index is 12.4. The second kappa shape index (κ2) is 12.2. The third-order valence-corrected chi connectivity index (χ3v) is 3.90. The lowest BCUT2D eigenvalue weighted by Gasteiger charge is -2.23. The van der Waals surface area contributed by atoms with Crippen molar-refractivity contribution in [1.82, 2.24) is 15.5 Å². The van der Waals surface area contributed by atoms with Gasteiger partial charge in [0.05, 0.1) is 7.11 Å². The monoisotopic (exact) mass is 329 g/mol. The zero-order valence-electron chi connectivity index (χ0n) is 15.6. The zero-order chi connectivity index (χ0) is 17.8. The molecule has 2 atom stereocenters. The fourth-order valence-electron chi connectivity index (χ4n) is 2.48. The Bertz CT molecular complexity index is 344. The normalized spacial score (nSPS) is 13.7. The molecule has 0 aromatic heterocycles. The summed E-state index contributed by atoms with van der Waals surface area (Å²) in [7, 11) is 1.30. The molecule has 0 heterocycles. The number of hydrogen-bond acceptors (Lipinski definition) is 4. The van der Waals surface area contributed by atoms with Crippen molar-refractivity contribution in [1.29, 1.82) is 0 Å². The van der Waals surface area contributed by atoms with E-state index in [-0.39, 0.29) is 11.9 Å². The van der Waals surface area contributed by atoms with Gasteiger partial charge in [-0.2, -0.15) is 0 Å². The Hall–Kier alpha value is -1.30. The number of alkyl carbamates (subject to hydrolysis) is 1. The van der Waals surface area contributed by atoms with E-state index in [0.717, 1.165) is 32.5 Å². The van der Waals surface area contributed by atoms with Crippen molar-refractivity contribution >= 4 is 12.0 Å². The predicted molar refractivity (Wildman–Crippen MR) is 93.4 cm³/mol. The van der Waals surface area contributed by atoms with E-state index >= 15 is 0 Å². The van der Waals surface area contributed by atoms with Gasteiger partial charge in [-0.3, -0.25) is 4.79 Å². The first-order chi connectivity index (χ1) is 10.8. The van der Waals surface area contributed by atoms with Crippen molar-refractivity contribution in [2.75, 3.05) is 26.7 Å². The van der Waals surface area contributed by atoms with Crippen LogP contribution in [0.4, 0.5) is 4.79 Å². The van der Waals surface area contributed by atoms with Gasteiger partial charge >= 0.3 is 6.09 Å². The molecule has 0 fully saturated rings. The van der Waals surface area contributed by atoms with Gasteiger partial charge in [0.1, 0.15) is 6.04 Å². The summed E-state index contributed by atoms with van der Waals surface area (Å²) in [6.45, 7) is 13.5. The van der Waals surface area contributed by atoms with Gasteiger partial charge in [0.2, 0.25) is 5.91 Å². The van der Waals surface area contributed by atoms with Crippen molar-refractivity contribution in [2.24, 2.45) is 5.92 Å². The molecule has 0 aliphatic carbocycles. The van der Waals surface area contributed by atoms with Crippen molar-refractivity contribution in [3.63, 3.8) is 0 Å². The molecule has 2 amide bonds. The summed E-state index contributed by atoms with van der Waals surface area (Å²) in [5.41, 5.74) is 0. The molecule has 0 aromatic carbocycles. The van der Waals surface area contributed by atoms with Crippen LogP contribution in [0.25, 0.3) is 0 Å². The summed E-state index contributed by atoms with van der Waals surface area (Å²) in [5, 5.41) is 5.61. The number of ether oxygens (including phenoxy) is 1. The van der Waals surface area contributed by atoms with Gasteiger partial charge in [-0.1, -0.05) is 27.7 Å². The quantitative estimate of drug-likeness (QED) is 0.610. The third kappa shape index (κ3) is 10.2. The SMILES string of the molecule is CCN(CC)CCC[C@H](C)NC(=O)[C@H](CC(C)C)NC(=O)OC. The largest absolute Gasteiger partial charge is 0.453 e. The molecular formula is C17H35N3O3. The molecule has 0 rings (SSSR count). The third-order valence-electron chi connectivity index (χ3n) is 3.90. The van der Waals surface area contributed by atoms with Crippen molar-refractivity contribution < 1.29 is 14.3 Å². The minimum Gasteiger partial charge on any atom is -0.453 e. The fraction of sp³-hybridized carbons (Fsp3) is 0.882. The van der Waals surface area contributed by atoms with Gasteiger partial charge in [0, 0.05) is 6.04 Å². The van der Waals surface area contributed by atoms with Crippen LogP contribution < -0.4 is 10.6 Å². The molecule has 0 unspecified atom stereocenters. The van der Waals surface area contributed by atoms with Gasteiger partial charge in [0.15, 0.2) is 0 Å². The Morgan fingerprint density at radius 2 is 1.70 bits per heavy atom. The smallest absolute Gasteiger partial charge is 0.407 e. The molecule has 0 spiro atoms. The summed E-state index contributed by atoms with van der Waals surface area (Å²) in [4.78, 5) is 26.1. The van der Waals surface area contributed by atoms with E-state index in [9.17, 15) is 9.59 Å². The van der Waals surface area contributed by atoms with Crippen LogP contribution in [0.5, 0.6) is 0 Å². The highest BCUT2D eigenvalue weighted by molar-refractivity contribution is 5.85. The molecule has 6 nitrogen and oxygen atoms in total. The summed E-state index contributed by atoms with van der Waals surface area (Å²) >= 11 is 0. The van der Waals surface area contributed by atoms with Gasteiger partial charge < -0.3 is 20.3 Å². The maximum Gasteiger partial charge on any atom is 0.407 e. The summed E-state index contributed by atoms with van der Waals surface area (Å²) in [5.74, 6) is 0.167. The lowest BCUT2D eigenvalue weighted by Crippen LogP contribution is -2.49. The number of methoxy groups -OCH3 is 1. The minimum absolute atomic E-state index is 0.0900. The molecule has 0 bridgehead atoms. The number of amides is 2. The predicted octanol–water partition coefficient (Wildman–Crippen LogP) is 2.38. The van der Waals surface area contributed by atoms with Crippen LogP contribution in [0.15, 0.2) is 0 Å². The molecule has 0 radical (unpaired) electrons. The molecule has 0 saturated heterocycles. The molecule has 0 aliphatic rings. The van der Waals surface area contributed by atoms with E-state index in [1.54, 1.807) is 0 Å². The van der Waals surface area contributed by atoms with E-state index in [1.165, 1.54) is 7.11 Å². The Morgan fingerprint density at radius 1 is 1.09 bits per heavy atom. The van der Waals surface area contributed by atoms with Crippen LogP contribution in [0.2, 0.25) is 0 Å². The molecule has 0 aliphatic heterocycles. The standard InChI is InChI=1S/C17H35N3O3/c1-7-20(8-2)11-9-10-14(5)18-16(21)15(12-13(3)4)19-17(22)23-6/h13-15H,7-12H2,1-6H3,(H,18,21)(H,19,22)/t14-,15-/m0/s1. The Balaban J connectivity index is 4.33. The second-order valence-electron chi connectivity index (χ2n) is 6.40. The van der Waals surface area contributed by atoms with Crippen LogP contribution >= 0.6 is 0 Å². The molecule has 0 aromatic rings. The van der Waals surface area contributed by atoms with Crippen molar-refractivity contribution in [3.05, 3.63) is 0 Å². The summed E-state index contributed by atoms with van der Waals surface area (Å²) in [6, 6.07) is -0.458. The van der Waals surface area contributed by atoms with E-state index in [2.05, 4.69) is 34.1 Å². The molecule has 23 heavy (non-hydrogen) atoms. The number of carbonyl (C=O) groups is 2. The Kier molecular flexibility index (Phi) is 11.5. The van der Waals surface area contributed by atoms with Crippen LogP contribution in [0.3, 0.4) is 0 Å². The molecule has 0 saturated carbocycles. The van der Waals surface area contributed by atoms with Crippen molar-refractivity contribution in [2.45, 2.75) is 66.0 Å². The van der Waals surface area contributed by atoms with Gasteiger partial charge in [0.25, 0.3) is 0 Å². The van der Waals surface area contributed by atoms with Crippen molar-refractivity contribution in [3.8, 4) is 0 Å². The molecule has 6 heteroatoms. The average molecular weight is 329 g/mol. The van der Waals surface area contributed by atoms with Gasteiger partial charge in [-0.15, -0.1) is 0 Å². The number of nitrogens with zero attached hydrogens (tertiary/aromatic N) is 1. The lowest BCUT2D eigenvalue weighted by molar-refractivity contribution is -0.124. The van der Waals surface area contributed by atoms with E-state index in [1.807, 2.05) is 20.8 Å². The highest BCUT2D eigenvalue weighted by atomic mass is 16.5. The topological polar surface area (TPSA) is 70.7 Å². The molecular weight excluding hydrogens is 294 g/mol. The number of nitrogens with one attached hydrogen (secondary N) is 2. The first kappa shape index (κ1) is 21.7. The Labute approximate surface area is 141 Å². The highest BCUT2D eigenvalue weighted by Crippen LogP contribution is 2.07. The van der Waals surface area contributed by atoms with E-state index < -0.39 is 12.1 Å². The van der Waals surface area contributed by atoms with Crippen LogP contribution in [-0.2, 0) is 9.53 Å². The number of rotatable bonds is 11. The second-order valence-corrected chi connectivity index (χ2v) is 6.40. The minimum atomic E-state index is -0.569.